The predicted molar refractivity (Wildman–Crippen MR) is 106 cm³/mol. The molecule has 29 heavy (non-hydrogen) atoms. The van der Waals surface area contributed by atoms with Crippen LogP contribution in [0.1, 0.15) is 48.3 Å². The number of non-ortho nitro benzene ring substituents is 1. The van der Waals surface area contributed by atoms with Crippen molar-refractivity contribution in [3.05, 3.63) is 45.8 Å². The summed E-state index contributed by atoms with van der Waals surface area (Å²) in [6, 6.07) is 6.50. The van der Waals surface area contributed by atoms with Gasteiger partial charge in [-0.05, 0) is 68.8 Å². The van der Waals surface area contributed by atoms with Crippen LogP contribution < -0.4 is 0 Å². The molecule has 1 aromatic carbocycles. The molecule has 4 bridgehead atoms. The molecule has 0 saturated heterocycles. The van der Waals surface area contributed by atoms with Gasteiger partial charge in [-0.15, -0.1) is 5.10 Å². The van der Waals surface area contributed by atoms with E-state index in [1.54, 1.807) is 19.1 Å². The van der Waals surface area contributed by atoms with Crippen molar-refractivity contribution >= 4 is 11.6 Å². The third-order valence-electron chi connectivity index (χ3n) is 7.33. The molecule has 0 unspecified atom stereocenters. The number of carbonyl (C=O) groups is 1. The maximum Gasteiger partial charge on any atom is 0.276 e. The van der Waals surface area contributed by atoms with Gasteiger partial charge in [-0.25, -0.2) is 4.68 Å². The van der Waals surface area contributed by atoms with Crippen LogP contribution >= 0.6 is 0 Å². The lowest BCUT2D eigenvalue weighted by Gasteiger charge is -2.56. The molecule has 1 heterocycles. The predicted octanol–water partition coefficient (Wildman–Crippen LogP) is 3.38. The molecule has 2 aromatic rings. The average molecular weight is 395 g/mol. The highest BCUT2D eigenvalue weighted by molar-refractivity contribution is 5.93. The fraction of sp³-hybridized carbons (Fsp3) is 0.571. The van der Waals surface area contributed by atoms with Gasteiger partial charge in [0.1, 0.15) is 0 Å². The third kappa shape index (κ3) is 2.92. The topological polar surface area (TPSA) is 94.2 Å². The number of hydrogen-bond acceptors (Lipinski definition) is 5. The molecule has 4 saturated carbocycles. The van der Waals surface area contributed by atoms with Gasteiger partial charge >= 0.3 is 0 Å². The molecule has 0 spiro atoms. The van der Waals surface area contributed by atoms with Gasteiger partial charge in [-0.3, -0.25) is 14.9 Å². The highest BCUT2D eigenvalue weighted by Gasteiger charge is 2.50. The average Bonchev–Trinajstić information content (AvgIpc) is 3.08. The second-order valence-electron chi connectivity index (χ2n) is 9.05. The standard InChI is InChI=1S/C21H25N5O3/c1-12-19(22-23-25(12)17-4-3-5-18(11-17)26(28)29)21(27)24(2)20-15-7-13-6-14(9-15)10-16(20)8-13/h3-5,11,13-16,20H,6-10H2,1-2H3. The van der Waals surface area contributed by atoms with Crippen molar-refractivity contribution in [3.63, 3.8) is 0 Å². The molecule has 8 heteroatoms. The second kappa shape index (κ2) is 6.64. The molecule has 0 radical (unpaired) electrons. The first-order chi connectivity index (χ1) is 13.9. The zero-order chi connectivity index (χ0) is 20.3. The summed E-state index contributed by atoms with van der Waals surface area (Å²) in [6.07, 6.45) is 6.36. The van der Waals surface area contributed by atoms with Gasteiger partial charge in [0.05, 0.1) is 16.3 Å². The number of amides is 1. The van der Waals surface area contributed by atoms with E-state index in [1.165, 1.54) is 48.9 Å². The zero-order valence-electron chi connectivity index (χ0n) is 16.7. The van der Waals surface area contributed by atoms with E-state index in [2.05, 4.69) is 10.3 Å². The SMILES string of the molecule is Cc1c(C(=O)N(C)C2C3CC4CC(C3)CC2C4)nnn1-c1cccc([N+](=O)[O-])c1. The zero-order valence-corrected chi connectivity index (χ0v) is 16.7. The maximum absolute atomic E-state index is 13.3. The lowest BCUT2D eigenvalue weighted by Crippen LogP contribution is -2.56. The molecular weight excluding hydrogens is 370 g/mol. The number of hydrogen-bond donors (Lipinski definition) is 0. The van der Waals surface area contributed by atoms with E-state index >= 15 is 0 Å². The van der Waals surface area contributed by atoms with Crippen LogP contribution in [0.4, 0.5) is 5.69 Å². The van der Waals surface area contributed by atoms with Crippen LogP contribution in [0.25, 0.3) is 5.69 Å². The van der Waals surface area contributed by atoms with Crippen molar-refractivity contribution in [1.29, 1.82) is 0 Å². The summed E-state index contributed by atoms with van der Waals surface area (Å²) in [5.74, 6) is 2.82. The number of benzene rings is 1. The summed E-state index contributed by atoms with van der Waals surface area (Å²) in [6.45, 7) is 1.79. The van der Waals surface area contributed by atoms with Gasteiger partial charge in [0.15, 0.2) is 5.69 Å². The Morgan fingerprint density at radius 2 is 1.83 bits per heavy atom. The highest BCUT2D eigenvalue weighted by atomic mass is 16.6. The first kappa shape index (κ1) is 18.3. The summed E-state index contributed by atoms with van der Waals surface area (Å²) >= 11 is 0. The van der Waals surface area contributed by atoms with E-state index in [0.29, 0.717) is 28.9 Å². The first-order valence-corrected chi connectivity index (χ1v) is 10.4. The largest absolute Gasteiger partial charge is 0.337 e. The molecule has 1 amide bonds. The van der Waals surface area contributed by atoms with E-state index in [-0.39, 0.29) is 17.6 Å². The van der Waals surface area contributed by atoms with Crippen LogP contribution in [-0.4, -0.2) is 43.8 Å². The Kier molecular flexibility index (Phi) is 4.18. The van der Waals surface area contributed by atoms with E-state index in [1.807, 2.05) is 11.9 Å². The summed E-state index contributed by atoms with van der Waals surface area (Å²) in [5, 5.41) is 19.3. The van der Waals surface area contributed by atoms with Crippen molar-refractivity contribution in [1.82, 2.24) is 19.9 Å². The Balaban J connectivity index is 1.41. The van der Waals surface area contributed by atoms with Gasteiger partial charge in [0, 0.05) is 25.2 Å². The number of nitro groups is 1. The smallest absolute Gasteiger partial charge is 0.276 e. The normalized spacial score (nSPS) is 29.8. The van der Waals surface area contributed by atoms with Crippen molar-refractivity contribution in [2.45, 2.75) is 45.1 Å². The van der Waals surface area contributed by atoms with E-state index < -0.39 is 4.92 Å². The van der Waals surface area contributed by atoms with Crippen LogP contribution in [0.5, 0.6) is 0 Å². The molecule has 0 N–H and O–H groups in total. The van der Waals surface area contributed by atoms with Crippen molar-refractivity contribution < 1.29 is 9.72 Å². The molecule has 4 aliphatic rings. The van der Waals surface area contributed by atoms with Gasteiger partial charge in [-0.1, -0.05) is 11.3 Å². The molecular formula is C21H25N5O3. The van der Waals surface area contributed by atoms with Gasteiger partial charge in [0.2, 0.25) is 0 Å². The number of nitrogens with zero attached hydrogens (tertiary/aromatic N) is 5. The fourth-order valence-electron chi connectivity index (χ4n) is 6.34. The van der Waals surface area contributed by atoms with Crippen molar-refractivity contribution in [2.75, 3.05) is 7.05 Å². The Bertz CT molecular complexity index is 956. The maximum atomic E-state index is 13.3. The molecule has 1 aromatic heterocycles. The molecule has 4 aliphatic carbocycles. The summed E-state index contributed by atoms with van der Waals surface area (Å²) in [5.41, 5.74) is 1.44. The van der Waals surface area contributed by atoms with Crippen LogP contribution in [0.3, 0.4) is 0 Å². The van der Waals surface area contributed by atoms with Crippen molar-refractivity contribution in [2.24, 2.45) is 23.7 Å². The van der Waals surface area contributed by atoms with E-state index in [9.17, 15) is 14.9 Å². The van der Waals surface area contributed by atoms with Gasteiger partial charge < -0.3 is 4.90 Å². The minimum Gasteiger partial charge on any atom is -0.337 e. The Hall–Kier alpha value is -2.77. The summed E-state index contributed by atoms with van der Waals surface area (Å²) < 4.78 is 1.50. The van der Waals surface area contributed by atoms with Crippen LogP contribution in [0.2, 0.25) is 0 Å². The number of rotatable bonds is 4. The third-order valence-corrected chi connectivity index (χ3v) is 7.33. The summed E-state index contributed by atoms with van der Waals surface area (Å²) in [4.78, 5) is 25.8. The Morgan fingerprint density at radius 1 is 1.17 bits per heavy atom. The first-order valence-electron chi connectivity index (χ1n) is 10.4. The fourth-order valence-corrected chi connectivity index (χ4v) is 6.34. The number of aromatic nitrogens is 3. The van der Waals surface area contributed by atoms with Gasteiger partial charge in [0.25, 0.3) is 11.6 Å². The highest BCUT2D eigenvalue weighted by Crippen LogP contribution is 2.55. The Morgan fingerprint density at radius 3 is 2.45 bits per heavy atom. The van der Waals surface area contributed by atoms with Crippen LogP contribution in [0.15, 0.2) is 24.3 Å². The molecule has 152 valence electrons. The Labute approximate surface area is 169 Å². The molecule has 0 atom stereocenters. The molecule has 4 fully saturated rings. The second-order valence-corrected chi connectivity index (χ2v) is 9.05. The van der Waals surface area contributed by atoms with Crippen molar-refractivity contribution in [3.8, 4) is 5.69 Å². The van der Waals surface area contributed by atoms with Gasteiger partial charge in [-0.2, -0.15) is 0 Å². The van der Waals surface area contributed by atoms with E-state index in [4.69, 9.17) is 0 Å². The lowest BCUT2D eigenvalue weighted by molar-refractivity contribution is -0.384. The monoisotopic (exact) mass is 395 g/mol. The van der Waals surface area contributed by atoms with Crippen LogP contribution in [-0.2, 0) is 0 Å². The summed E-state index contributed by atoms with van der Waals surface area (Å²) in [7, 11) is 1.90. The lowest BCUT2D eigenvalue weighted by atomic mass is 9.54. The van der Waals surface area contributed by atoms with E-state index in [0.717, 1.165) is 11.8 Å². The molecule has 0 aliphatic heterocycles. The minimum absolute atomic E-state index is 0.0176. The molecule has 6 rings (SSSR count). The quantitative estimate of drug-likeness (QED) is 0.584. The minimum atomic E-state index is -0.442. The number of carbonyl (C=O) groups excluding carboxylic acids is 1. The molecule has 8 nitrogen and oxygen atoms in total. The number of nitro benzene ring substituents is 1. The van der Waals surface area contributed by atoms with Crippen LogP contribution in [0, 0.1) is 40.7 Å².